The van der Waals surface area contributed by atoms with Crippen molar-refractivity contribution in [3.63, 3.8) is 0 Å². The van der Waals surface area contributed by atoms with Gasteiger partial charge < -0.3 is 14.2 Å². The molecule has 5 heteroatoms. The van der Waals surface area contributed by atoms with E-state index in [4.69, 9.17) is 4.52 Å². The number of nitrogens with zero attached hydrogens (tertiary/aromatic N) is 2. The second-order valence-electron chi connectivity index (χ2n) is 8.57. The molecule has 3 aromatic rings. The van der Waals surface area contributed by atoms with Crippen LogP contribution in [-0.2, 0) is 13.5 Å². The molecule has 3 rings (SSSR count). The van der Waals surface area contributed by atoms with Gasteiger partial charge in [-0.1, -0.05) is 38.1 Å². The highest BCUT2D eigenvalue weighted by atomic mass is 16.5. The largest absolute Gasteiger partial charge is 0.508 e. The average Bonchev–Trinajstić information content (AvgIpc) is 3.09. The Morgan fingerprint density at radius 2 is 1.75 bits per heavy atom. The molecule has 0 aliphatic rings. The molecule has 5 nitrogen and oxygen atoms in total. The first-order valence-corrected chi connectivity index (χ1v) is 9.53. The third-order valence-electron chi connectivity index (χ3n) is 5.22. The number of phenols is 1. The van der Waals surface area contributed by atoms with Crippen LogP contribution in [0.3, 0.4) is 0 Å². The van der Waals surface area contributed by atoms with Crippen molar-refractivity contribution in [1.82, 2.24) is 9.72 Å². The highest BCUT2D eigenvalue weighted by molar-refractivity contribution is 5.98. The molecule has 0 bridgehead atoms. The van der Waals surface area contributed by atoms with Crippen molar-refractivity contribution < 1.29 is 14.4 Å². The van der Waals surface area contributed by atoms with Gasteiger partial charge in [-0.3, -0.25) is 4.79 Å². The number of aromatic hydroxyl groups is 1. The first-order chi connectivity index (χ1) is 13.1. The second kappa shape index (κ2) is 7.30. The number of phenolic OH excluding ortho intramolecular Hbond substituents is 1. The Labute approximate surface area is 166 Å². The van der Waals surface area contributed by atoms with Gasteiger partial charge in [0.15, 0.2) is 6.29 Å². The van der Waals surface area contributed by atoms with E-state index in [1.165, 1.54) is 0 Å². The van der Waals surface area contributed by atoms with E-state index in [2.05, 4.69) is 25.9 Å². The SMILES string of the molecule is Cc1noc(C)c1-c1c(-c2ccc(O)cc2)c(CCC(C)(C)C)n(C)c1C=O. The quantitative estimate of drug-likeness (QED) is 0.597. The maximum atomic E-state index is 12.1. The Bertz CT molecular complexity index is 983. The number of aldehydes is 1. The molecule has 0 saturated carbocycles. The normalized spacial score (nSPS) is 11.8. The lowest BCUT2D eigenvalue weighted by molar-refractivity contribution is 0.111. The van der Waals surface area contributed by atoms with E-state index in [-0.39, 0.29) is 11.2 Å². The molecule has 0 aliphatic heterocycles. The Balaban J connectivity index is 2.34. The summed E-state index contributed by atoms with van der Waals surface area (Å²) in [6.45, 7) is 10.4. The van der Waals surface area contributed by atoms with Gasteiger partial charge in [-0.15, -0.1) is 0 Å². The van der Waals surface area contributed by atoms with E-state index in [0.29, 0.717) is 11.5 Å². The molecule has 1 aromatic carbocycles. The zero-order chi connectivity index (χ0) is 20.6. The van der Waals surface area contributed by atoms with Crippen LogP contribution >= 0.6 is 0 Å². The fourth-order valence-corrected chi connectivity index (χ4v) is 3.71. The third kappa shape index (κ3) is 3.61. The van der Waals surface area contributed by atoms with Crippen molar-refractivity contribution in [2.24, 2.45) is 12.5 Å². The lowest BCUT2D eigenvalue weighted by Gasteiger charge is -2.19. The lowest BCUT2D eigenvalue weighted by Crippen LogP contribution is -2.09. The van der Waals surface area contributed by atoms with Gasteiger partial charge in [0.25, 0.3) is 0 Å². The molecule has 0 amide bonds. The van der Waals surface area contributed by atoms with E-state index in [9.17, 15) is 9.90 Å². The van der Waals surface area contributed by atoms with Gasteiger partial charge in [0.05, 0.1) is 17.0 Å². The van der Waals surface area contributed by atoms with Crippen molar-refractivity contribution in [3.8, 4) is 28.0 Å². The summed E-state index contributed by atoms with van der Waals surface area (Å²) in [6.07, 6.45) is 2.72. The number of benzene rings is 1. The monoisotopic (exact) mass is 380 g/mol. The van der Waals surface area contributed by atoms with Gasteiger partial charge in [0.1, 0.15) is 11.5 Å². The van der Waals surface area contributed by atoms with Crippen molar-refractivity contribution in [2.45, 2.75) is 47.5 Å². The van der Waals surface area contributed by atoms with E-state index in [1.54, 1.807) is 12.1 Å². The van der Waals surface area contributed by atoms with E-state index in [1.807, 2.05) is 37.6 Å². The summed E-state index contributed by atoms with van der Waals surface area (Å²) < 4.78 is 7.40. The van der Waals surface area contributed by atoms with Crippen LogP contribution < -0.4 is 0 Å². The summed E-state index contributed by atoms with van der Waals surface area (Å²) in [5, 5.41) is 13.8. The van der Waals surface area contributed by atoms with Gasteiger partial charge in [0.2, 0.25) is 0 Å². The summed E-state index contributed by atoms with van der Waals surface area (Å²) in [6, 6.07) is 7.13. The van der Waals surface area contributed by atoms with Gasteiger partial charge in [-0.05, 0) is 49.8 Å². The fraction of sp³-hybridized carbons (Fsp3) is 0.391. The summed E-state index contributed by atoms with van der Waals surface area (Å²) in [7, 11) is 1.94. The molecule has 28 heavy (non-hydrogen) atoms. The van der Waals surface area contributed by atoms with Gasteiger partial charge in [0, 0.05) is 23.9 Å². The molecule has 0 unspecified atom stereocenters. The standard InChI is InChI=1S/C23H28N2O3/c1-14-20(15(2)28-24-14)22-19(13-26)25(6)18(11-12-23(3,4)5)21(22)16-7-9-17(27)10-8-16/h7-10,13,27H,11-12H2,1-6H3. The molecule has 2 aromatic heterocycles. The number of aryl methyl sites for hydroxylation is 2. The average molecular weight is 380 g/mol. The number of hydrogen-bond donors (Lipinski definition) is 1. The topological polar surface area (TPSA) is 68.3 Å². The molecule has 1 N–H and O–H groups in total. The first kappa shape index (κ1) is 19.9. The molecule has 0 atom stereocenters. The molecule has 0 fully saturated rings. The van der Waals surface area contributed by atoms with Crippen LogP contribution in [0.5, 0.6) is 5.75 Å². The Hall–Kier alpha value is -2.82. The lowest BCUT2D eigenvalue weighted by atomic mass is 9.87. The number of aromatic nitrogens is 2. The minimum Gasteiger partial charge on any atom is -0.508 e. The fourth-order valence-electron chi connectivity index (χ4n) is 3.71. The van der Waals surface area contributed by atoms with Crippen molar-refractivity contribution in [3.05, 3.63) is 47.1 Å². The summed E-state index contributed by atoms with van der Waals surface area (Å²) in [5.41, 5.74) is 6.31. The van der Waals surface area contributed by atoms with E-state index >= 15 is 0 Å². The van der Waals surface area contributed by atoms with Gasteiger partial charge >= 0.3 is 0 Å². The molecule has 0 radical (unpaired) electrons. The Morgan fingerprint density at radius 3 is 2.25 bits per heavy atom. The Morgan fingerprint density at radius 1 is 1.11 bits per heavy atom. The van der Waals surface area contributed by atoms with Crippen LogP contribution in [0.1, 0.15) is 54.8 Å². The van der Waals surface area contributed by atoms with Crippen LogP contribution in [0.25, 0.3) is 22.3 Å². The van der Waals surface area contributed by atoms with E-state index < -0.39 is 0 Å². The van der Waals surface area contributed by atoms with Crippen LogP contribution in [0.2, 0.25) is 0 Å². The second-order valence-corrected chi connectivity index (χ2v) is 8.57. The molecule has 148 valence electrons. The number of carbonyl (C=O) groups excluding carboxylic acids is 1. The van der Waals surface area contributed by atoms with Crippen molar-refractivity contribution in [1.29, 1.82) is 0 Å². The molecule has 2 heterocycles. The smallest absolute Gasteiger partial charge is 0.167 e. The van der Waals surface area contributed by atoms with Gasteiger partial charge in [-0.2, -0.15) is 0 Å². The van der Waals surface area contributed by atoms with Crippen LogP contribution in [0, 0.1) is 19.3 Å². The highest BCUT2D eigenvalue weighted by Gasteiger charge is 2.27. The van der Waals surface area contributed by atoms with Crippen molar-refractivity contribution in [2.75, 3.05) is 0 Å². The maximum Gasteiger partial charge on any atom is 0.167 e. The highest BCUT2D eigenvalue weighted by Crippen LogP contribution is 2.43. The molecule has 0 saturated heterocycles. The van der Waals surface area contributed by atoms with Crippen LogP contribution in [0.15, 0.2) is 28.8 Å². The van der Waals surface area contributed by atoms with Crippen LogP contribution in [0.4, 0.5) is 0 Å². The predicted octanol–water partition coefficient (Wildman–Crippen LogP) is 5.46. The van der Waals surface area contributed by atoms with Crippen LogP contribution in [-0.4, -0.2) is 21.1 Å². The van der Waals surface area contributed by atoms with Crippen molar-refractivity contribution >= 4 is 6.29 Å². The predicted molar refractivity (Wildman–Crippen MR) is 111 cm³/mol. The minimum atomic E-state index is 0.168. The number of hydrogen-bond acceptors (Lipinski definition) is 4. The van der Waals surface area contributed by atoms with Gasteiger partial charge in [-0.25, -0.2) is 0 Å². The summed E-state index contributed by atoms with van der Waals surface area (Å²) in [5.74, 6) is 0.902. The third-order valence-corrected chi connectivity index (χ3v) is 5.22. The minimum absolute atomic E-state index is 0.168. The molecular formula is C23H28N2O3. The molecule has 0 aliphatic carbocycles. The zero-order valence-corrected chi connectivity index (χ0v) is 17.5. The zero-order valence-electron chi connectivity index (χ0n) is 17.5. The summed E-state index contributed by atoms with van der Waals surface area (Å²) in [4.78, 5) is 12.1. The first-order valence-electron chi connectivity index (χ1n) is 9.53. The maximum absolute atomic E-state index is 12.1. The number of carbonyl (C=O) groups is 1. The molecular weight excluding hydrogens is 352 g/mol. The van der Waals surface area contributed by atoms with E-state index in [0.717, 1.165) is 52.8 Å². The summed E-state index contributed by atoms with van der Waals surface area (Å²) >= 11 is 0. The Kier molecular flexibility index (Phi) is 5.20. The molecule has 0 spiro atoms. The number of rotatable bonds is 5.